The second-order valence-electron chi connectivity index (χ2n) is 6.45. The molecule has 2 rings (SSSR count). The smallest absolute Gasteiger partial charge is 0.257 e. The van der Waals surface area contributed by atoms with Gasteiger partial charge in [0, 0.05) is 31.7 Å². The Morgan fingerprint density at radius 3 is 2.61 bits per heavy atom. The van der Waals surface area contributed by atoms with Crippen LogP contribution >= 0.6 is 0 Å². The molecule has 1 aromatic heterocycles. The van der Waals surface area contributed by atoms with E-state index in [0.29, 0.717) is 37.9 Å². The van der Waals surface area contributed by atoms with Crippen molar-refractivity contribution in [3.8, 4) is 0 Å². The number of aliphatic hydroxyl groups is 1. The van der Waals surface area contributed by atoms with Crippen molar-refractivity contribution in [1.82, 2.24) is 10.2 Å². The van der Waals surface area contributed by atoms with E-state index in [0.717, 1.165) is 0 Å². The van der Waals surface area contributed by atoms with Crippen LogP contribution in [0.25, 0.3) is 0 Å². The summed E-state index contributed by atoms with van der Waals surface area (Å²) in [6, 6.07) is 1.65. The summed E-state index contributed by atoms with van der Waals surface area (Å²) in [6.45, 7) is 5.29. The molecule has 0 spiro atoms. The van der Waals surface area contributed by atoms with Crippen molar-refractivity contribution in [3.05, 3.63) is 24.2 Å². The van der Waals surface area contributed by atoms with Crippen molar-refractivity contribution < 1.29 is 19.1 Å². The van der Waals surface area contributed by atoms with Crippen molar-refractivity contribution in [2.45, 2.75) is 39.2 Å². The van der Waals surface area contributed by atoms with Crippen LogP contribution < -0.4 is 5.32 Å². The van der Waals surface area contributed by atoms with E-state index in [9.17, 15) is 9.59 Å². The number of piperidine rings is 1. The zero-order chi connectivity index (χ0) is 16.8. The Morgan fingerprint density at radius 2 is 2.09 bits per heavy atom. The average molecular weight is 322 g/mol. The maximum atomic E-state index is 12.4. The SMILES string of the molecule is CC(C)C(CCO)NC(=O)C1CCN(C(=O)c2ccoc2)CC1. The summed E-state index contributed by atoms with van der Waals surface area (Å²) in [4.78, 5) is 26.4. The maximum absolute atomic E-state index is 12.4. The zero-order valence-electron chi connectivity index (χ0n) is 13.8. The number of hydrogen-bond acceptors (Lipinski definition) is 4. The molecule has 2 amide bonds. The molecule has 1 aliphatic heterocycles. The Kier molecular flexibility index (Phi) is 6.21. The molecule has 0 aromatic carbocycles. The number of aliphatic hydroxyl groups excluding tert-OH is 1. The molecule has 0 aliphatic carbocycles. The second kappa shape index (κ2) is 8.15. The molecule has 2 N–H and O–H groups in total. The minimum absolute atomic E-state index is 0.00177. The van der Waals surface area contributed by atoms with Crippen LogP contribution in [0, 0.1) is 11.8 Å². The van der Waals surface area contributed by atoms with Crippen LogP contribution in [0.4, 0.5) is 0 Å². The summed E-state index contributed by atoms with van der Waals surface area (Å²) in [5, 5.41) is 12.1. The van der Waals surface area contributed by atoms with Crippen LogP contribution in [0.2, 0.25) is 0 Å². The molecule has 1 atom stereocenters. The van der Waals surface area contributed by atoms with Gasteiger partial charge in [0.2, 0.25) is 5.91 Å². The Bertz CT molecular complexity index is 505. The van der Waals surface area contributed by atoms with Crippen molar-refractivity contribution in [2.24, 2.45) is 11.8 Å². The maximum Gasteiger partial charge on any atom is 0.257 e. The van der Waals surface area contributed by atoms with Gasteiger partial charge >= 0.3 is 0 Å². The third kappa shape index (κ3) is 4.58. The van der Waals surface area contributed by atoms with Gasteiger partial charge in [-0.1, -0.05) is 13.8 Å². The van der Waals surface area contributed by atoms with Crippen LogP contribution in [-0.2, 0) is 4.79 Å². The molecular formula is C17H26N2O4. The molecule has 6 nitrogen and oxygen atoms in total. The van der Waals surface area contributed by atoms with Gasteiger partial charge in [0.15, 0.2) is 0 Å². The number of nitrogens with zero attached hydrogens (tertiary/aromatic N) is 1. The number of likely N-dealkylation sites (tertiary alicyclic amines) is 1. The van der Waals surface area contributed by atoms with E-state index in [4.69, 9.17) is 9.52 Å². The number of amides is 2. The molecule has 0 bridgehead atoms. The van der Waals surface area contributed by atoms with Crippen LogP contribution in [0.15, 0.2) is 23.0 Å². The number of hydrogen-bond donors (Lipinski definition) is 2. The Labute approximate surface area is 136 Å². The van der Waals surface area contributed by atoms with E-state index >= 15 is 0 Å². The third-order valence-electron chi connectivity index (χ3n) is 4.49. The van der Waals surface area contributed by atoms with E-state index in [1.807, 2.05) is 13.8 Å². The van der Waals surface area contributed by atoms with Gasteiger partial charge in [0.1, 0.15) is 6.26 Å². The molecule has 1 unspecified atom stereocenters. The normalized spacial score (nSPS) is 17.3. The van der Waals surface area contributed by atoms with Crippen molar-refractivity contribution in [3.63, 3.8) is 0 Å². The van der Waals surface area contributed by atoms with Gasteiger partial charge < -0.3 is 19.7 Å². The summed E-state index contributed by atoms with van der Waals surface area (Å²) in [7, 11) is 0. The number of furan rings is 1. The predicted molar refractivity (Wildman–Crippen MR) is 85.8 cm³/mol. The molecular weight excluding hydrogens is 296 g/mol. The van der Waals surface area contributed by atoms with E-state index < -0.39 is 0 Å². The summed E-state index contributed by atoms with van der Waals surface area (Å²) in [6.07, 6.45) is 4.84. The lowest BCUT2D eigenvalue weighted by Crippen LogP contribution is -2.46. The van der Waals surface area contributed by atoms with Gasteiger partial charge in [-0.25, -0.2) is 0 Å². The number of carbonyl (C=O) groups is 2. The molecule has 128 valence electrons. The highest BCUT2D eigenvalue weighted by atomic mass is 16.3. The van der Waals surface area contributed by atoms with E-state index in [2.05, 4.69) is 5.32 Å². The summed E-state index contributed by atoms with van der Waals surface area (Å²) in [5.74, 6) is 0.211. The van der Waals surface area contributed by atoms with Crippen molar-refractivity contribution in [1.29, 1.82) is 0 Å². The highest BCUT2D eigenvalue weighted by Gasteiger charge is 2.29. The first kappa shape index (κ1) is 17.5. The topological polar surface area (TPSA) is 82.8 Å². The summed E-state index contributed by atoms with van der Waals surface area (Å²) in [5.41, 5.74) is 0.552. The minimum Gasteiger partial charge on any atom is -0.472 e. The van der Waals surface area contributed by atoms with E-state index in [1.54, 1.807) is 11.0 Å². The van der Waals surface area contributed by atoms with Crippen LogP contribution in [0.5, 0.6) is 0 Å². The molecule has 2 heterocycles. The number of nitrogens with one attached hydrogen (secondary N) is 1. The molecule has 23 heavy (non-hydrogen) atoms. The molecule has 1 saturated heterocycles. The van der Waals surface area contributed by atoms with Crippen molar-refractivity contribution in [2.75, 3.05) is 19.7 Å². The fourth-order valence-corrected chi connectivity index (χ4v) is 2.93. The minimum atomic E-state index is -0.0663. The van der Waals surface area contributed by atoms with Gasteiger partial charge in [-0.15, -0.1) is 0 Å². The van der Waals surface area contributed by atoms with Gasteiger partial charge in [-0.05, 0) is 31.2 Å². The lowest BCUT2D eigenvalue weighted by molar-refractivity contribution is -0.127. The third-order valence-corrected chi connectivity index (χ3v) is 4.49. The molecule has 6 heteroatoms. The first-order valence-corrected chi connectivity index (χ1v) is 8.25. The lowest BCUT2D eigenvalue weighted by Gasteiger charge is -2.32. The second-order valence-corrected chi connectivity index (χ2v) is 6.45. The van der Waals surface area contributed by atoms with E-state index in [-0.39, 0.29) is 36.3 Å². The fraction of sp³-hybridized carbons (Fsp3) is 0.647. The Balaban J connectivity index is 1.83. The van der Waals surface area contributed by atoms with Crippen molar-refractivity contribution >= 4 is 11.8 Å². The van der Waals surface area contributed by atoms with Crippen LogP contribution in [0.1, 0.15) is 43.5 Å². The summed E-state index contributed by atoms with van der Waals surface area (Å²) < 4.78 is 4.94. The Morgan fingerprint density at radius 1 is 1.39 bits per heavy atom. The standard InChI is InChI=1S/C17H26N2O4/c1-12(2)15(5-9-20)18-16(21)13-3-7-19(8-4-13)17(22)14-6-10-23-11-14/h6,10-13,15,20H,3-5,7-9H2,1-2H3,(H,18,21). The van der Waals surface area contributed by atoms with Crippen LogP contribution in [-0.4, -0.2) is 47.6 Å². The molecule has 0 radical (unpaired) electrons. The van der Waals surface area contributed by atoms with Gasteiger partial charge in [-0.3, -0.25) is 9.59 Å². The highest BCUT2D eigenvalue weighted by Crippen LogP contribution is 2.20. The number of carbonyl (C=O) groups excluding carboxylic acids is 2. The first-order chi connectivity index (χ1) is 11.0. The molecule has 1 aliphatic rings. The average Bonchev–Trinajstić information content (AvgIpc) is 3.08. The molecule has 1 aromatic rings. The summed E-state index contributed by atoms with van der Waals surface area (Å²) >= 11 is 0. The van der Waals surface area contributed by atoms with Crippen LogP contribution in [0.3, 0.4) is 0 Å². The highest BCUT2D eigenvalue weighted by molar-refractivity contribution is 5.94. The number of rotatable bonds is 6. The van der Waals surface area contributed by atoms with Gasteiger partial charge in [-0.2, -0.15) is 0 Å². The monoisotopic (exact) mass is 322 g/mol. The first-order valence-electron chi connectivity index (χ1n) is 8.25. The quantitative estimate of drug-likeness (QED) is 0.834. The zero-order valence-corrected chi connectivity index (χ0v) is 13.8. The Hall–Kier alpha value is -1.82. The van der Waals surface area contributed by atoms with Gasteiger partial charge in [0.05, 0.1) is 11.8 Å². The van der Waals surface area contributed by atoms with E-state index in [1.165, 1.54) is 12.5 Å². The molecule has 1 fully saturated rings. The predicted octanol–water partition coefficient (Wildman–Crippen LogP) is 1.65. The largest absolute Gasteiger partial charge is 0.472 e. The molecule has 0 saturated carbocycles. The van der Waals surface area contributed by atoms with Gasteiger partial charge in [0.25, 0.3) is 5.91 Å². The lowest BCUT2D eigenvalue weighted by atomic mass is 9.93. The fourth-order valence-electron chi connectivity index (χ4n) is 2.93.